The van der Waals surface area contributed by atoms with E-state index in [0.717, 1.165) is 51.1 Å². The fourth-order valence-corrected chi connectivity index (χ4v) is 7.45. The standard InChI is InChI=1S/C34H35Cl2FN4O6/c1-34(18-46-19-34)41-7-5-38(6-8-41)22-13-26(35)30(27(36)14-22)32(42)40-17-21-3-2-4-23(31(21)47-20-40)24-16-29(39-9-11-45-12-10-39)25(33(43)44)15-28(24)37/h2-4,13-16H,5-12,17-20H2,1H3,(H,43,44). The van der Waals surface area contributed by atoms with Gasteiger partial charge >= 0.3 is 5.97 Å². The summed E-state index contributed by atoms with van der Waals surface area (Å²) in [6, 6.07) is 11.5. The van der Waals surface area contributed by atoms with Crippen molar-refractivity contribution in [1.82, 2.24) is 9.80 Å². The highest BCUT2D eigenvalue weighted by atomic mass is 35.5. The number of nitrogens with zero attached hydrogens (tertiary/aromatic N) is 4. The topological polar surface area (TPSA) is 95.0 Å². The smallest absolute Gasteiger partial charge is 0.337 e. The number of ether oxygens (including phenoxy) is 3. The second kappa shape index (κ2) is 12.8. The summed E-state index contributed by atoms with van der Waals surface area (Å²) in [6.07, 6.45) is 0. The minimum absolute atomic E-state index is 0.0958. The lowest BCUT2D eigenvalue weighted by Crippen LogP contribution is -2.64. The second-order valence-corrected chi connectivity index (χ2v) is 13.4. The molecule has 0 spiro atoms. The quantitative estimate of drug-likeness (QED) is 0.374. The van der Waals surface area contributed by atoms with Crippen LogP contribution in [-0.4, -0.2) is 105 Å². The first-order valence-corrected chi connectivity index (χ1v) is 16.4. The minimum Gasteiger partial charge on any atom is -0.478 e. The van der Waals surface area contributed by atoms with Crippen LogP contribution in [0.5, 0.6) is 5.75 Å². The highest BCUT2D eigenvalue weighted by Crippen LogP contribution is 2.41. The van der Waals surface area contributed by atoms with Crippen molar-refractivity contribution in [3.63, 3.8) is 0 Å². The fourth-order valence-electron chi connectivity index (χ4n) is 6.81. The monoisotopic (exact) mass is 684 g/mol. The van der Waals surface area contributed by atoms with Crippen molar-refractivity contribution < 1.29 is 33.3 Å². The van der Waals surface area contributed by atoms with E-state index < -0.39 is 11.8 Å². The number of fused-ring (bicyclic) bond motifs is 1. The van der Waals surface area contributed by atoms with Gasteiger partial charge in [-0.05, 0) is 31.2 Å². The van der Waals surface area contributed by atoms with Gasteiger partial charge in [0.15, 0.2) is 6.73 Å². The molecule has 3 aromatic carbocycles. The zero-order valence-electron chi connectivity index (χ0n) is 25.9. The number of rotatable bonds is 6. The summed E-state index contributed by atoms with van der Waals surface area (Å²) < 4.78 is 32.5. The van der Waals surface area contributed by atoms with Gasteiger partial charge in [0, 0.05) is 61.6 Å². The number of halogens is 3. The Balaban J connectivity index is 1.11. The lowest BCUT2D eigenvalue weighted by atomic mass is 9.96. The van der Waals surface area contributed by atoms with E-state index in [1.807, 2.05) is 11.0 Å². The average Bonchev–Trinajstić information content (AvgIpc) is 3.06. The molecule has 248 valence electrons. The molecule has 47 heavy (non-hydrogen) atoms. The molecule has 10 nitrogen and oxygen atoms in total. The van der Waals surface area contributed by atoms with Gasteiger partial charge in [0.2, 0.25) is 0 Å². The largest absolute Gasteiger partial charge is 0.478 e. The maximum Gasteiger partial charge on any atom is 0.337 e. The van der Waals surface area contributed by atoms with Crippen LogP contribution in [0.15, 0.2) is 42.5 Å². The summed E-state index contributed by atoms with van der Waals surface area (Å²) in [5, 5.41) is 10.3. The molecule has 13 heteroatoms. The number of hydrogen-bond donors (Lipinski definition) is 1. The molecule has 0 saturated carbocycles. The van der Waals surface area contributed by atoms with Gasteiger partial charge in [0.25, 0.3) is 5.91 Å². The van der Waals surface area contributed by atoms with E-state index in [2.05, 4.69) is 16.7 Å². The van der Waals surface area contributed by atoms with Crippen LogP contribution in [0.3, 0.4) is 0 Å². The van der Waals surface area contributed by atoms with E-state index in [1.54, 1.807) is 30.3 Å². The molecule has 0 radical (unpaired) electrons. The first-order chi connectivity index (χ1) is 22.6. The third-order valence-electron chi connectivity index (χ3n) is 9.54. The first-order valence-electron chi connectivity index (χ1n) is 15.6. The fraction of sp³-hybridized carbons (Fsp3) is 0.412. The van der Waals surface area contributed by atoms with Gasteiger partial charge in [-0.2, -0.15) is 0 Å². The molecule has 1 amide bonds. The van der Waals surface area contributed by atoms with E-state index >= 15 is 4.39 Å². The maximum absolute atomic E-state index is 15.5. The van der Waals surface area contributed by atoms with Crippen molar-refractivity contribution in [3.8, 4) is 16.9 Å². The molecular formula is C34H35Cl2FN4O6. The molecule has 0 bridgehead atoms. The number of aromatic carboxylic acids is 1. The van der Waals surface area contributed by atoms with Crippen molar-refractivity contribution >= 4 is 46.5 Å². The SMILES string of the molecule is CC1(N2CCN(c3cc(Cl)c(C(=O)N4COc5c(cccc5-c5cc(N6CCOCC6)c(C(=O)O)cc5F)C4)c(Cl)c3)CC2)COC1. The Morgan fingerprint density at radius 1 is 0.894 bits per heavy atom. The van der Waals surface area contributed by atoms with E-state index in [1.165, 1.54) is 4.90 Å². The number of carboxylic acids is 1. The lowest BCUT2D eigenvalue weighted by Gasteiger charge is -2.50. The molecule has 3 saturated heterocycles. The van der Waals surface area contributed by atoms with Crippen molar-refractivity contribution in [2.45, 2.75) is 19.0 Å². The van der Waals surface area contributed by atoms with Crippen LogP contribution in [0.2, 0.25) is 10.0 Å². The Bertz CT molecular complexity index is 1700. The van der Waals surface area contributed by atoms with Gasteiger partial charge in [0.1, 0.15) is 11.6 Å². The molecular weight excluding hydrogens is 650 g/mol. The Morgan fingerprint density at radius 2 is 1.60 bits per heavy atom. The normalized spacial score (nSPS) is 19.5. The van der Waals surface area contributed by atoms with E-state index in [-0.39, 0.29) is 51.5 Å². The van der Waals surface area contributed by atoms with Gasteiger partial charge in [-0.3, -0.25) is 9.69 Å². The van der Waals surface area contributed by atoms with Gasteiger partial charge < -0.3 is 34.0 Å². The van der Waals surface area contributed by atoms with Gasteiger partial charge in [-0.15, -0.1) is 0 Å². The highest BCUT2D eigenvalue weighted by molar-refractivity contribution is 6.40. The van der Waals surface area contributed by atoms with E-state index in [4.69, 9.17) is 37.4 Å². The van der Waals surface area contributed by atoms with E-state index in [9.17, 15) is 14.7 Å². The van der Waals surface area contributed by atoms with Crippen LogP contribution in [0.25, 0.3) is 11.1 Å². The Hall–Kier alpha value is -3.61. The number of hydrogen-bond acceptors (Lipinski definition) is 8. The summed E-state index contributed by atoms with van der Waals surface area (Å²) in [4.78, 5) is 33.8. The number of benzene rings is 3. The number of morpholine rings is 1. The first kappa shape index (κ1) is 32.0. The van der Waals surface area contributed by atoms with Crippen LogP contribution in [0, 0.1) is 5.82 Å². The van der Waals surface area contributed by atoms with Crippen LogP contribution in [-0.2, 0) is 16.0 Å². The number of carbonyl (C=O) groups is 2. The number of carboxylic acid groups (broad SMARTS) is 1. The summed E-state index contributed by atoms with van der Waals surface area (Å²) >= 11 is 13.4. The molecule has 1 N–H and O–H groups in total. The van der Waals surface area contributed by atoms with Gasteiger partial charge in [0.05, 0.1) is 65.4 Å². The van der Waals surface area contributed by atoms with Crippen molar-refractivity contribution in [3.05, 3.63) is 75.0 Å². The number of para-hydroxylation sites is 1. The molecule has 0 atom stereocenters. The van der Waals surface area contributed by atoms with Crippen molar-refractivity contribution in [2.75, 3.05) is 82.2 Å². The summed E-state index contributed by atoms with van der Waals surface area (Å²) in [5.41, 5.74) is 2.81. The summed E-state index contributed by atoms with van der Waals surface area (Å²) in [7, 11) is 0. The minimum atomic E-state index is -1.21. The molecule has 0 unspecified atom stereocenters. The summed E-state index contributed by atoms with van der Waals surface area (Å²) in [6.45, 7) is 9.08. The van der Waals surface area contributed by atoms with Crippen LogP contribution in [0.1, 0.15) is 33.2 Å². The van der Waals surface area contributed by atoms with E-state index in [0.29, 0.717) is 48.9 Å². The summed E-state index contributed by atoms with van der Waals surface area (Å²) in [5.74, 6) is -1.84. The van der Waals surface area contributed by atoms with Crippen LogP contribution >= 0.6 is 23.2 Å². The van der Waals surface area contributed by atoms with Gasteiger partial charge in [-0.1, -0.05) is 41.4 Å². The Morgan fingerprint density at radius 3 is 2.23 bits per heavy atom. The molecule has 3 fully saturated rings. The Labute approximate surface area is 282 Å². The molecule has 0 aromatic heterocycles. The zero-order valence-corrected chi connectivity index (χ0v) is 27.4. The predicted molar refractivity (Wildman–Crippen MR) is 177 cm³/mol. The zero-order chi connectivity index (χ0) is 32.9. The number of anilines is 2. The van der Waals surface area contributed by atoms with Crippen molar-refractivity contribution in [1.29, 1.82) is 0 Å². The number of piperazine rings is 1. The van der Waals surface area contributed by atoms with Gasteiger partial charge in [-0.25, -0.2) is 9.18 Å². The maximum atomic E-state index is 15.5. The molecule has 4 heterocycles. The second-order valence-electron chi connectivity index (χ2n) is 12.6. The third kappa shape index (κ3) is 6.00. The predicted octanol–water partition coefficient (Wildman–Crippen LogP) is 5.24. The molecule has 3 aromatic rings. The highest BCUT2D eigenvalue weighted by Gasteiger charge is 2.40. The molecule has 4 aliphatic rings. The number of carbonyl (C=O) groups excluding carboxylic acids is 1. The van der Waals surface area contributed by atoms with Crippen molar-refractivity contribution in [2.24, 2.45) is 0 Å². The Kier molecular flexibility index (Phi) is 8.69. The molecule has 7 rings (SSSR count). The average molecular weight is 686 g/mol. The molecule has 0 aliphatic carbocycles. The van der Waals surface area contributed by atoms with Crippen LogP contribution in [0.4, 0.5) is 15.8 Å². The molecule has 4 aliphatic heterocycles. The number of amides is 1. The lowest BCUT2D eigenvalue weighted by molar-refractivity contribution is -0.131. The third-order valence-corrected chi connectivity index (χ3v) is 10.1. The van der Waals surface area contributed by atoms with Crippen LogP contribution < -0.4 is 14.5 Å².